The van der Waals surface area contributed by atoms with Crippen LogP contribution in [0.3, 0.4) is 0 Å². The second-order valence-corrected chi connectivity index (χ2v) is 5.23. The Hall–Kier alpha value is -0.870. The number of aryl methyl sites for hydroxylation is 2. The van der Waals surface area contributed by atoms with E-state index in [1.807, 2.05) is 18.7 Å². The molecule has 1 aromatic heterocycles. The summed E-state index contributed by atoms with van der Waals surface area (Å²) >= 11 is 0. The zero-order chi connectivity index (χ0) is 13.1. The molecule has 4 nitrogen and oxygen atoms in total. The molecule has 1 aliphatic rings. The maximum absolute atomic E-state index is 6.33. The zero-order valence-electron chi connectivity index (χ0n) is 11.7. The van der Waals surface area contributed by atoms with Crippen molar-refractivity contribution in [1.29, 1.82) is 0 Å². The topological polar surface area (TPSA) is 53.1 Å². The first-order valence-electron chi connectivity index (χ1n) is 7.04. The van der Waals surface area contributed by atoms with Crippen LogP contribution in [0.2, 0.25) is 0 Å². The van der Waals surface area contributed by atoms with Gasteiger partial charge in [-0.3, -0.25) is 4.68 Å². The summed E-state index contributed by atoms with van der Waals surface area (Å²) in [7, 11) is 1.99. The van der Waals surface area contributed by atoms with Crippen molar-refractivity contribution in [2.75, 3.05) is 6.61 Å². The second kappa shape index (κ2) is 5.85. The highest BCUT2D eigenvalue weighted by molar-refractivity contribution is 5.12. The first-order chi connectivity index (χ1) is 8.65. The molecule has 18 heavy (non-hydrogen) atoms. The van der Waals surface area contributed by atoms with Crippen LogP contribution in [-0.4, -0.2) is 28.5 Å². The Labute approximate surface area is 110 Å². The van der Waals surface area contributed by atoms with Gasteiger partial charge in [0.15, 0.2) is 0 Å². The molecular weight excluding hydrogens is 226 g/mol. The molecule has 2 unspecified atom stereocenters. The Morgan fingerprint density at radius 1 is 1.50 bits per heavy atom. The first kappa shape index (κ1) is 13.6. The van der Waals surface area contributed by atoms with E-state index >= 15 is 0 Å². The largest absolute Gasteiger partial charge is 0.377 e. The van der Waals surface area contributed by atoms with Crippen LogP contribution in [0.15, 0.2) is 6.07 Å². The van der Waals surface area contributed by atoms with E-state index < -0.39 is 0 Å². The van der Waals surface area contributed by atoms with E-state index in [1.165, 1.54) is 18.5 Å². The Bertz CT molecular complexity index is 384. The quantitative estimate of drug-likeness (QED) is 0.802. The van der Waals surface area contributed by atoms with E-state index in [0.29, 0.717) is 5.92 Å². The van der Waals surface area contributed by atoms with Crippen molar-refractivity contribution in [2.24, 2.45) is 18.7 Å². The smallest absolute Gasteiger partial charge is 0.0757 e. The minimum Gasteiger partial charge on any atom is -0.377 e. The standard InChI is InChI=1S/C14H25N3O/c1-4-11-8-12(17(3)16-11)9-13(15)14(18-5-2)10-6-7-10/h8,10,13-14H,4-7,9,15H2,1-3H3. The van der Waals surface area contributed by atoms with Crippen molar-refractivity contribution in [3.8, 4) is 0 Å². The average Bonchev–Trinajstić information content (AvgIpc) is 3.12. The van der Waals surface area contributed by atoms with E-state index in [-0.39, 0.29) is 12.1 Å². The lowest BCUT2D eigenvalue weighted by molar-refractivity contribution is 0.0284. The van der Waals surface area contributed by atoms with Crippen molar-refractivity contribution in [3.63, 3.8) is 0 Å². The summed E-state index contributed by atoms with van der Waals surface area (Å²) in [5.74, 6) is 0.679. The van der Waals surface area contributed by atoms with Crippen molar-refractivity contribution in [2.45, 2.75) is 51.7 Å². The van der Waals surface area contributed by atoms with E-state index in [2.05, 4.69) is 18.1 Å². The highest BCUT2D eigenvalue weighted by atomic mass is 16.5. The summed E-state index contributed by atoms with van der Waals surface area (Å²) in [6, 6.07) is 2.24. The van der Waals surface area contributed by atoms with Gasteiger partial charge in [-0.15, -0.1) is 0 Å². The van der Waals surface area contributed by atoms with Gasteiger partial charge < -0.3 is 10.5 Å². The average molecular weight is 251 g/mol. The molecule has 1 saturated carbocycles. The van der Waals surface area contributed by atoms with Gasteiger partial charge in [-0.1, -0.05) is 6.92 Å². The molecule has 0 aliphatic heterocycles. The Balaban J connectivity index is 1.99. The van der Waals surface area contributed by atoms with Crippen molar-refractivity contribution < 1.29 is 4.74 Å². The van der Waals surface area contributed by atoms with Crippen LogP contribution in [-0.2, 0) is 24.6 Å². The van der Waals surface area contributed by atoms with E-state index in [9.17, 15) is 0 Å². The number of nitrogens with zero attached hydrogens (tertiary/aromatic N) is 2. The molecule has 0 aromatic carbocycles. The predicted molar refractivity (Wildman–Crippen MR) is 72.4 cm³/mol. The fraction of sp³-hybridized carbons (Fsp3) is 0.786. The van der Waals surface area contributed by atoms with Crippen molar-refractivity contribution >= 4 is 0 Å². The van der Waals surface area contributed by atoms with Crippen LogP contribution in [0, 0.1) is 5.92 Å². The number of hydrogen-bond acceptors (Lipinski definition) is 3. The van der Waals surface area contributed by atoms with Crippen LogP contribution in [0.25, 0.3) is 0 Å². The van der Waals surface area contributed by atoms with Crippen LogP contribution in [0.1, 0.15) is 38.1 Å². The summed E-state index contributed by atoms with van der Waals surface area (Å²) in [6.07, 6.45) is 4.58. The normalized spacial score (nSPS) is 18.9. The van der Waals surface area contributed by atoms with Crippen LogP contribution in [0.4, 0.5) is 0 Å². The first-order valence-corrected chi connectivity index (χ1v) is 7.04. The fourth-order valence-corrected chi connectivity index (χ4v) is 2.52. The Kier molecular flexibility index (Phi) is 4.40. The Morgan fingerprint density at radius 3 is 2.72 bits per heavy atom. The Morgan fingerprint density at radius 2 is 2.22 bits per heavy atom. The molecule has 0 amide bonds. The SMILES string of the molecule is CCOC(C(N)Cc1cc(CC)nn1C)C1CC1. The van der Waals surface area contributed by atoms with E-state index in [1.54, 1.807) is 0 Å². The van der Waals surface area contributed by atoms with Gasteiger partial charge in [0.05, 0.1) is 11.8 Å². The minimum atomic E-state index is 0.0811. The molecule has 0 saturated heterocycles. The van der Waals surface area contributed by atoms with Gasteiger partial charge in [-0.2, -0.15) is 5.10 Å². The molecule has 4 heteroatoms. The summed E-state index contributed by atoms with van der Waals surface area (Å²) in [5, 5.41) is 4.47. The monoisotopic (exact) mass is 251 g/mol. The molecular formula is C14H25N3O. The minimum absolute atomic E-state index is 0.0811. The molecule has 0 radical (unpaired) electrons. The lowest BCUT2D eigenvalue weighted by atomic mass is 10.0. The molecule has 2 rings (SSSR count). The van der Waals surface area contributed by atoms with Crippen molar-refractivity contribution in [3.05, 3.63) is 17.5 Å². The summed E-state index contributed by atoms with van der Waals surface area (Å²) in [6.45, 7) is 4.92. The van der Waals surface area contributed by atoms with Gasteiger partial charge in [0.1, 0.15) is 0 Å². The highest BCUT2D eigenvalue weighted by Gasteiger charge is 2.36. The van der Waals surface area contributed by atoms with Gasteiger partial charge in [-0.05, 0) is 38.2 Å². The lowest BCUT2D eigenvalue weighted by Crippen LogP contribution is -2.40. The molecule has 2 atom stereocenters. The zero-order valence-corrected chi connectivity index (χ0v) is 11.7. The number of aromatic nitrogens is 2. The molecule has 0 spiro atoms. The lowest BCUT2D eigenvalue weighted by Gasteiger charge is -2.23. The maximum Gasteiger partial charge on any atom is 0.0757 e. The van der Waals surface area contributed by atoms with Gasteiger partial charge in [0.25, 0.3) is 0 Å². The third-order valence-corrected chi connectivity index (χ3v) is 3.70. The second-order valence-electron chi connectivity index (χ2n) is 5.23. The molecule has 102 valence electrons. The molecule has 1 heterocycles. The number of hydrogen-bond donors (Lipinski definition) is 1. The van der Waals surface area contributed by atoms with Crippen LogP contribution in [0.5, 0.6) is 0 Å². The third kappa shape index (κ3) is 3.12. The van der Waals surface area contributed by atoms with Gasteiger partial charge in [0, 0.05) is 31.8 Å². The van der Waals surface area contributed by atoms with Crippen molar-refractivity contribution in [1.82, 2.24) is 9.78 Å². The predicted octanol–water partition coefficient (Wildman–Crippen LogP) is 1.67. The number of rotatable bonds is 7. The van der Waals surface area contributed by atoms with Crippen LogP contribution >= 0.6 is 0 Å². The molecule has 2 N–H and O–H groups in total. The molecule has 1 fully saturated rings. The van der Waals surface area contributed by atoms with E-state index in [4.69, 9.17) is 10.5 Å². The third-order valence-electron chi connectivity index (χ3n) is 3.70. The van der Waals surface area contributed by atoms with Crippen LogP contribution < -0.4 is 5.73 Å². The fourth-order valence-electron chi connectivity index (χ4n) is 2.52. The van der Waals surface area contributed by atoms with E-state index in [0.717, 1.165) is 25.1 Å². The summed E-state index contributed by atoms with van der Waals surface area (Å²) in [4.78, 5) is 0. The molecule has 0 bridgehead atoms. The number of ether oxygens (including phenoxy) is 1. The molecule has 1 aliphatic carbocycles. The summed E-state index contributed by atoms with van der Waals surface area (Å²) in [5.41, 5.74) is 8.68. The maximum atomic E-state index is 6.33. The van der Waals surface area contributed by atoms with Gasteiger partial charge in [0.2, 0.25) is 0 Å². The highest BCUT2D eigenvalue weighted by Crippen LogP contribution is 2.36. The number of nitrogens with two attached hydrogens (primary N) is 1. The summed E-state index contributed by atoms with van der Waals surface area (Å²) < 4.78 is 7.77. The van der Waals surface area contributed by atoms with Gasteiger partial charge >= 0.3 is 0 Å². The van der Waals surface area contributed by atoms with Gasteiger partial charge in [-0.25, -0.2) is 0 Å². The molecule has 1 aromatic rings.